The van der Waals surface area contributed by atoms with Crippen LogP contribution in [-0.4, -0.2) is 16.7 Å². The molecule has 0 amide bonds. The van der Waals surface area contributed by atoms with Gasteiger partial charge in [0.2, 0.25) is 0 Å². The Morgan fingerprint density at radius 2 is 1.86 bits per heavy atom. The van der Waals surface area contributed by atoms with Crippen LogP contribution in [0.3, 0.4) is 0 Å². The van der Waals surface area contributed by atoms with E-state index < -0.39 is 0 Å². The van der Waals surface area contributed by atoms with Crippen molar-refractivity contribution in [1.29, 1.82) is 0 Å². The molecule has 1 unspecified atom stereocenters. The molecule has 1 N–H and O–H groups in total. The van der Waals surface area contributed by atoms with Crippen LogP contribution in [-0.2, 0) is 13.1 Å². The molecule has 7 heteroatoms. The van der Waals surface area contributed by atoms with E-state index in [9.17, 15) is 4.79 Å². The van der Waals surface area contributed by atoms with Crippen molar-refractivity contribution in [2.45, 2.75) is 40.3 Å². The summed E-state index contributed by atoms with van der Waals surface area (Å²) in [6.45, 7) is 8.35. The van der Waals surface area contributed by atoms with Crippen molar-refractivity contribution in [2.75, 3.05) is 6.54 Å². The molecule has 0 saturated carbocycles. The number of hydrogen-bond donors (Lipinski definition) is 1. The van der Waals surface area contributed by atoms with Crippen molar-refractivity contribution >= 4 is 11.0 Å². The summed E-state index contributed by atoms with van der Waals surface area (Å²) in [6, 6.07) is 9.18. The molecule has 3 aromatic heterocycles. The quantitative estimate of drug-likeness (QED) is 0.485. The summed E-state index contributed by atoms with van der Waals surface area (Å²) in [6.07, 6.45) is 2.57. The largest absolute Gasteiger partial charge is 0.459 e. The second kappa shape index (κ2) is 8.05. The van der Waals surface area contributed by atoms with Gasteiger partial charge in [-0.25, -0.2) is 4.79 Å². The standard InChI is InChI=1S/C22H23N3O4/c1-4-7-25(13-20-23-24-22(29-20)18-6-5-8-27-18)12-16-11-21(26)28-19-10-15(3)14(2)9-17(16)19/h5-6,8-11H,4,7,12-13H2,1-3H3/p+1. The van der Waals surface area contributed by atoms with Crippen molar-refractivity contribution < 1.29 is 18.2 Å². The molecular formula is C22H24N3O4+. The van der Waals surface area contributed by atoms with E-state index in [4.69, 9.17) is 13.3 Å². The van der Waals surface area contributed by atoms with Crippen molar-refractivity contribution in [1.82, 2.24) is 10.2 Å². The summed E-state index contributed by atoms with van der Waals surface area (Å²) in [5.74, 6) is 1.47. The number of quaternary nitrogens is 1. The van der Waals surface area contributed by atoms with E-state index in [0.717, 1.165) is 29.5 Å². The average Bonchev–Trinajstić information content (AvgIpc) is 3.35. The summed E-state index contributed by atoms with van der Waals surface area (Å²) < 4.78 is 16.5. The fourth-order valence-electron chi connectivity index (χ4n) is 3.53. The summed E-state index contributed by atoms with van der Waals surface area (Å²) >= 11 is 0. The van der Waals surface area contributed by atoms with Gasteiger partial charge in [0.25, 0.3) is 11.8 Å². The number of benzene rings is 1. The molecule has 29 heavy (non-hydrogen) atoms. The molecule has 1 aromatic carbocycles. The van der Waals surface area contributed by atoms with Crippen LogP contribution in [0.1, 0.15) is 35.9 Å². The van der Waals surface area contributed by atoms with Crippen molar-refractivity contribution in [3.8, 4) is 11.7 Å². The zero-order valence-electron chi connectivity index (χ0n) is 16.8. The van der Waals surface area contributed by atoms with Gasteiger partial charge in [0.15, 0.2) is 12.3 Å². The number of nitrogens with one attached hydrogen (secondary N) is 1. The lowest BCUT2D eigenvalue weighted by molar-refractivity contribution is -0.928. The lowest BCUT2D eigenvalue weighted by Gasteiger charge is -2.18. The van der Waals surface area contributed by atoms with Crippen LogP contribution in [0.15, 0.2) is 54.6 Å². The molecule has 0 bridgehead atoms. The number of aryl methyl sites for hydroxylation is 2. The Balaban J connectivity index is 1.62. The van der Waals surface area contributed by atoms with Gasteiger partial charge in [-0.05, 0) is 55.7 Å². The smallest absolute Gasteiger partial charge is 0.336 e. The SMILES string of the molecule is CCC[NH+](Cc1nnc(-c2ccco2)o1)Cc1cc(=O)oc2cc(C)c(C)cc12. The zero-order valence-corrected chi connectivity index (χ0v) is 16.8. The lowest BCUT2D eigenvalue weighted by atomic mass is 10.0. The van der Waals surface area contributed by atoms with Crippen molar-refractivity contribution in [3.63, 3.8) is 0 Å². The van der Waals surface area contributed by atoms with Gasteiger partial charge in [-0.15, -0.1) is 10.2 Å². The topological polar surface area (TPSA) is 86.7 Å². The monoisotopic (exact) mass is 394 g/mol. The Morgan fingerprint density at radius 1 is 1.03 bits per heavy atom. The molecule has 0 aliphatic rings. The molecule has 0 spiro atoms. The van der Waals surface area contributed by atoms with Crippen LogP contribution in [0.4, 0.5) is 0 Å². The first-order chi connectivity index (χ1) is 14.0. The molecule has 150 valence electrons. The molecule has 3 heterocycles. The van der Waals surface area contributed by atoms with Gasteiger partial charge in [0, 0.05) is 17.0 Å². The van der Waals surface area contributed by atoms with Gasteiger partial charge in [0.1, 0.15) is 12.1 Å². The highest BCUT2D eigenvalue weighted by atomic mass is 16.4. The highest BCUT2D eigenvalue weighted by Crippen LogP contribution is 2.21. The highest BCUT2D eigenvalue weighted by molar-refractivity contribution is 5.81. The highest BCUT2D eigenvalue weighted by Gasteiger charge is 2.19. The zero-order chi connectivity index (χ0) is 20.4. The number of rotatable bonds is 7. The van der Waals surface area contributed by atoms with E-state index >= 15 is 0 Å². The van der Waals surface area contributed by atoms with E-state index in [1.54, 1.807) is 24.5 Å². The third kappa shape index (κ3) is 4.14. The minimum Gasteiger partial charge on any atom is -0.459 e. The average molecular weight is 394 g/mol. The minimum absolute atomic E-state index is 0.329. The van der Waals surface area contributed by atoms with Crippen molar-refractivity contribution in [2.24, 2.45) is 0 Å². The Bertz CT molecular complexity index is 1170. The first kappa shape index (κ1) is 19.1. The second-order valence-corrected chi connectivity index (χ2v) is 7.36. The lowest BCUT2D eigenvalue weighted by Crippen LogP contribution is -3.09. The molecule has 0 aliphatic carbocycles. The normalized spacial score (nSPS) is 12.5. The van der Waals surface area contributed by atoms with Gasteiger partial charge in [-0.2, -0.15) is 0 Å². The molecule has 1 atom stereocenters. The fraction of sp³-hybridized carbons (Fsp3) is 0.318. The first-order valence-electron chi connectivity index (χ1n) is 9.77. The first-order valence-corrected chi connectivity index (χ1v) is 9.77. The predicted molar refractivity (Wildman–Crippen MR) is 107 cm³/mol. The Kier molecular flexibility index (Phi) is 5.31. The number of aromatic nitrogens is 2. The molecule has 0 radical (unpaired) electrons. The Hall–Kier alpha value is -3.19. The predicted octanol–water partition coefficient (Wildman–Crippen LogP) is 3.05. The van der Waals surface area contributed by atoms with E-state index in [0.29, 0.717) is 36.2 Å². The molecule has 0 aliphatic heterocycles. The molecule has 4 rings (SSSR count). The van der Waals surface area contributed by atoms with Crippen LogP contribution >= 0.6 is 0 Å². The van der Waals surface area contributed by atoms with Gasteiger partial charge in [0.05, 0.1) is 12.8 Å². The van der Waals surface area contributed by atoms with Crippen molar-refractivity contribution in [3.05, 3.63) is 69.6 Å². The van der Waals surface area contributed by atoms with Gasteiger partial charge in [-0.1, -0.05) is 6.92 Å². The fourth-order valence-corrected chi connectivity index (χ4v) is 3.53. The second-order valence-electron chi connectivity index (χ2n) is 7.36. The molecule has 4 aromatic rings. The van der Waals surface area contributed by atoms with Crippen LogP contribution in [0, 0.1) is 13.8 Å². The summed E-state index contributed by atoms with van der Waals surface area (Å²) in [5, 5.41) is 9.21. The van der Waals surface area contributed by atoms with Crippen LogP contribution in [0.5, 0.6) is 0 Å². The minimum atomic E-state index is -0.329. The molecule has 0 saturated heterocycles. The van der Waals surface area contributed by atoms with E-state index in [1.165, 1.54) is 10.5 Å². The van der Waals surface area contributed by atoms with E-state index in [-0.39, 0.29) is 5.63 Å². The van der Waals surface area contributed by atoms with Gasteiger partial charge in [-0.3, -0.25) is 0 Å². The van der Waals surface area contributed by atoms with Crippen LogP contribution < -0.4 is 10.5 Å². The Labute approximate surface area is 168 Å². The summed E-state index contributed by atoms with van der Waals surface area (Å²) in [4.78, 5) is 13.3. The van der Waals surface area contributed by atoms with Gasteiger partial charge < -0.3 is 18.2 Å². The van der Waals surface area contributed by atoms with E-state index in [2.05, 4.69) is 30.1 Å². The number of nitrogens with zero attached hydrogens (tertiary/aromatic N) is 2. The number of fused-ring (bicyclic) bond motifs is 1. The maximum Gasteiger partial charge on any atom is 0.336 e. The summed E-state index contributed by atoms with van der Waals surface area (Å²) in [5.41, 5.74) is 3.54. The van der Waals surface area contributed by atoms with E-state index in [1.807, 2.05) is 13.0 Å². The maximum absolute atomic E-state index is 12.1. The maximum atomic E-state index is 12.1. The van der Waals surface area contributed by atoms with Gasteiger partial charge >= 0.3 is 5.63 Å². The molecular weight excluding hydrogens is 370 g/mol. The molecule has 7 nitrogen and oxygen atoms in total. The Morgan fingerprint density at radius 3 is 2.62 bits per heavy atom. The van der Waals surface area contributed by atoms with Crippen LogP contribution in [0.25, 0.3) is 22.6 Å². The third-order valence-corrected chi connectivity index (χ3v) is 5.09. The summed E-state index contributed by atoms with van der Waals surface area (Å²) in [7, 11) is 0. The third-order valence-electron chi connectivity index (χ3n) is 5.09. The number of furan rings is 1. The number of hydrogen-bond acceptors (Lipinski definition) is 6. The van der Waals surface area contributed by atoms with Crippen LogP contribution in [0.2, 0.25) is 0 Å². The molecule has 0 fully saturated rings.